The molecule has 0 bridgehead atoms. The third kappa shape index (κ3) is 6.24. The van der Waals surface area contributed by atoms with Gasteiger partial charge in [-0.1, -0.05) is 43.7 Å². The van der Waals surface area contributed by atoms with Gasteiger partial charge in [0, 0.05) is 11.4 Å². The summed E-state index contributed by atoms with van der Waals surface area (Å²) in [7, 11) is -0.532. The normalized spacial score (nSPS) is 17.4. The van der Waals surface area contributed by atoms with Crippen LogP contribution < -0.4 is 5.32 Å². The van der Waals surface area contributed by atoms with Crippen LogP contribution in [-0.2, 0) is 27.1 Å². The standard InChI is InChI=1S/C25H34BNO4S/c1-6-7-13-20-14-15-32-22(20)16-21(26-30-24(2,3)25(4,5)31-26)17-27-23(28)29-18-19-11-9-8-10-12-19/h8-12,14-16H,6-7,13,17-18H2,1-5H3,(H,27,28). The van der Waals surface area contributed by atoms with E-state index in [2.05, 4.69) is 29.8 Å². The van der Waals surface area contributed by atoms with Gasteiger partial charge in [0.25, 0.3) is 0 Å². The van der Waals surface area contributed by atoms with Crippen molar-refractivity contribution in [3.8, 4) is 0 Å². The second-order valence-electron chi connectivity index (χ2n) is 9.14. The van der Waals surface area contributed by atoms with E-state index in [4.69, 9.17) is 14.0 Å². The van der Waals surface area contributed by atoms with E-state index in [9.17, 15) is 4.79 Å². The minimum absolute atomic E-state index is 0.230. The van der Waals surface area contributed by atoms with Crippen LogP contribution in [0.2, 0.25) is 0 Å². The predicted molar refractivity (Wildman–Crippen MR) is 132 cm³/mol. The monoisotopic (exact) mass is 455 g/mol. The summed E-state index contributed by atoms with van der Waals surface area (Å²) in [5, 5.41) is 4.99. The molecule has 1 fully saturated rings. The first-order valence-electron chi connectivity index (χ1n) is 11.3. The lowest BCUT2D eigenvalue weighted by molar-refractivity contribution is 0.00578. The van der Waals surface area contributed by atoms with Gasteiger partial charge < -0.3 is 19.4 Å². The van der Waals surface area contributed by atoms with Crippen molar-refractivity contribution in [3.05, 3.63) is 63.3 Å². The maximum absolute atomic E-state index is 12.4. The number of nitrogens with one attached hydrogen (secondary N) is 1. The number of aryl methyl sites for hydroxylation is 1. The fraction of sp³-hybridized carbons (Fsp3) is 0.480. The molecule has 0 spiro atoms. The summed E-state index contributed by atoms with van der Waals surface area (Å²) in [6.45, 7) is 10.8. The Kier molecular flexibility index (Phi) is 8.20. The van der Waals surface area contributed by atoms with Crippen molar-refractivity contribution in [3.63, 3.8) is 0 Å². The van der Waals surface area contributed by atoms with E-state index in [1.807, 2.05) is 58.0 Å². The molecule has 0 saturated carbocycles. The van der Waals surface area contributed by atoms with Crippen LogP contribution in [0.5, 0.6) is 0 Å². The number of ether oxygens (including phenoxy) is 1. The molecule has 1 aromatic carbocycles. The highest BCUT2D eigenvalue weighted by Crippen LogP contribution is 2.39. The molecule has 7 heteroatoms. The average Bonchev–Trinajstić information content (AvgIpc) is 3.28. The Hall–Kier alpha value is -2.09. The van der Waals surface area contributed by atoms with E-state index in [1.165, 1.54) is 10.4 Å². The highest BCUT2D eigenvalue weighted by atomic mass is 32.1. The quantitative estimate of drug-likeness (QED) is 0.469. The Bertz CT molecular complexity index is 907. The Labute approximate surface area is 196 Å². The third-order valence-electron chi connectivity index (χ3n) is 6.10. The van der Waals surface area contributed by atoms with Gasteiger partial charge in [0.1, 0.15) is 6.61 Å². The predicted octanol–water partition coefficient (Wildman–Crippen LogP) is 6.03. The highest BCUT2D eigenvalue weighted by molar-refractivity contribution is 7.11. The maximum Gasteiger partial charge on any atom is 0.492 e. The summed E-state index contributed by atoms with van der Waals surface area (Å²) in [4.78, 5) is 13.5. The van der Waals surface area contributed by atoms with Crippen LogP contribution in [0.25, 0.3) is 6.08 Å². The number of carbonyl (C=O) groups excluding carboxylic acids is 1. The van der Waals surface area contributed by atoms with Crippen LogP contribution in [0.4, 0.5) is 4.79 Å². The van der Waals surface area contributed by atoms with Gasteiger partial charge in [0.05, 0.1) is 11.2 Å². The van der Waals surface area contributed by atoms with Crippen LogP contribution in [0, 0.1) is 0 Å². The number of alkyl carbamates (subject to hydrolysis) is 1. The Morgan fingerprint density at radius 1 is 1.12 bits per heavy atom. The summed E-state index contributed by atoms with van der Waals surface area (Å²) in [6, 6.07) is 11.8. The summed E-state index contributed by atoms with van der Waals surface area (Å²) in [5.41, 5.74) is 2.23. The first kappa shape index (κ1) is 24.6. The van der Waals surface area contributed by atoms with E-state index in [1.54, 1.807) is 11.3 Å². The molecule has 0 aliphatic carbocycles. The zero-order chi connectivity index (χ0) is 23.2. The number of rotatable bonds is 9. The molecule has 1 saturated heterocycles. The Balaban J connectivity index is 1.72. The fourth-order valence-corrected chi connectivity index (χ4v) is 4.28. The van der Waals surface area contributed by atoms with E-state index >= 15 is 0 Å². The van der Waals surface area contributed by atoms with Gasteiger partial charge in [0.2, 0.25) is 0 Å². The number of thiophene rings is 1. The smallest absolute Gasteiger partial charge is 0.445 e. The molecular weight excluding hydrogens is 421 g/mol. The van der Waals surface area contributed by atoms with E-state index < -0.39 is 24.4 Å². The number of unbranched alkanes of at least 4 members (excludes halogenated alkanes) is 1. The fourth-order valence-electron chi connectivity index (χ4n) is 3.36. The lowest BCUT2D eigenvalue weighted by Gasteiger charge is -2.32. The number of benzene rings is 1. The second-order valence-corrected chi connectivity index (χ2v) is 10.1. The molecule has 2 heterocycles. The van der Waals surface area contributed by atoms with Crippen molar-refractivity contribution < 1.29 is 18.8 Å². The number of carbonyl (C=O) groups is 1. The molecule has 1 N–H and O–H groups in total. The highest BCUT2D eigenvalue weighted by Gasteiger charge is 2.52. The third-order valence-corrected chi connectivity index (χ3v) is 7.01. The summed E-state index contributed by atoms with van der Waals surface area (Å²) in [6.07, 6.45) is 4.98. The molecule has 5 nitrogen and oxygen atoms in total. The van der Waals surface area contributed by atoms with Gasteiger partial charge in [-0.05, 0) is 74.7 Å². The number of hydrogen-bond donors (Lipinski definition) is 1. The van der Waals surface area contributed by atoms with E-state index in [0.29, 0.717) is 0 Å². The molecule has 1 amide bonds. The van der Waals surface area contributed by atoms with Crippen LogP contribution in [0.15, 0.2) is 47.3 Å². The zero-order valence-corrected chi connectivity index (χ0v) is 20.6. The average molecular weight is 455 g/mol. The summed E-state index contributed by atoms with van der Waals surface area (Å²) < 4.78 is 17.9. The van der Waals surface area contributed by atoms with Crippen molar-refractivity contribution in [2.45, 2.75) is 71.7 Å². The largest absolute Gasteiger partial charge is 0.492 e. The van der Waals surface area contributed by atoms with Crippen LogP contribution in [-0.4, -0.2) is 31.0 Å². The molecule has 1 aromatic heterocycles. The van der Waals surface area contributed by atoms with Crippen molar-refractivity contribution in [1.29, 1.82) is 0 Å². The lowest BCUT2D eigenvalue weighted by Crippen LogP contribution is -2.41. The first-order valence-corrected chi connectivity index (χ1v) is 12.2. The van der Waals surface area contributed by atoms with E-state index in [0.717, 1.165) is 30.3 Å². The molecule has 172 valence electrons. The summed E-state index contributed by atoms with van der Waals surface area (Å²) in [5.74, 6) is 0. The summed E-state index contributed by atoms with van der Waals surface area (Å²) >= 11 is 1.70. The first-order chi connectivity index (χ1) is 15.2. The zero-order valence-electron chi connectivity index (χ0n) is 19.8. The molecular formula is C25H34BNO4S. The number of hydrogen-bond acceptors (Lipinski definition) is 5. The Morgan fingerprint density at radius 2 is 1.81 bits per heavy atom. The minimum atomic E-state index is -0.532. The van der Waals surface area contributed by atoms with Gasteiger partial charge in [-0.3, -0.25) is 0 Å². The van der Waals surface area contributed by atoms with E-state index in [-0.39, 0.29) is 13.2 Å². The van der Waals surface area contributed by atoms with Crippen molar-refractivity contribution in [2.24, 2.45) is 0 Å². The van der Waals surface area contributed by atoms with Crippen molar-refractivity contribution >= 4 is 30.6 Å². The second kappa shape index (κ2) is 10.7. The number of amides is 1. The molecule has 0 radical (unpaired) electrons. The topological polar surface area (TPSA) is 56.8 Å². The molecule has 2 aromatic rings. The molecule has 32 heavy (non-hydrogen) atoms. The SMILES string of the molecule is CCCCc1ccsc1C=C(CNC(=O)OCc1ccccc1)B1OC(C)(C)C(C)(C)O1. The maximum atomic E-state index is 12.4. The van der Waals surface area contributed by atoms with Gasteiger partial charge in [-0.2, -0.15) is 0 Å². The molecule has 0 unspecified atom stereocenters. The van der Waals surface area contributed by atoms with Crippen LogP contribution in [0.3, 0.4) is 0 Å². The van der Waals surface area contributed by atoms with Crippen molar-refractivity contribution in [1.82, 2.24) is 5.32 Å². The Morgan fingerprint density at radius 3 is 2.47 bits per heavy atom. The molecule has 0 atom stereocenters. The van der Waals surface area contributed by atoms with Crippen molar-refractivity contribution in [2.75, 3.05) is 6.54 Å². The van der Waals surface area contributed by atoms with Crippen LogP contribution >= 0.6 is 11.3 Å². The van der Waals surface area contributed by atoms with Gasteiger partial charge >= 0.3 is 13.2 Å². The molecule has 1 aliphatic rings. The van der Waals surface area contributed by atoms with Gasteiger partial charge in [-0.15, -0.1) is 11.3 Å². The molecule has 1 aliphatic heterocycles. The van der Waals surface area contributed by atoms with Gasteiger partial charge in [0.15, 0.2) is 0 Å². The minimum Gasteiger partial charge on any atom is -0.445 e. The van der Waals surface area contributed by atoms with Gasteiger partial charge in [-0.25, -0.2) is 4.79 Å². The molecule has 3 rings (SSSR count). The lowest BCUT2D eigenvalue weighted by atomic mass is 9.77. The van der Waals surface area contributed by atoms with Crippen LogP contribution in [0.1, 0.15) is 63.5 Å².